The first-order valence-corrected chi connectivity index (χ1v) is 11.6. The number of pyridine rings is 1. The lowest BCUT2D eigenvalue weighted by Crippen LogP contribution is -2.42. The molecular weight excluding hydrogens is 416 g/mol. The number of benzene rings is 2. The van der Waals surface area contributed by atoms with Gasteiger partial charge in [-0.2, -0.15) is 0 Å². The molecule has 0 unspecified atom stereocenters. The van der Waals surface area contributed by atoms with E-state index in [4.69, 9.17) is 14.2 Å². The van der Waals surface area contributed by atoms with Crippen LogP contribution in [0.15, 0.2) is 60.8 Å². The minimum absolute atomic E-state index is 0.131. The summed E-state index contributed by atoms with van der Waals surface area (Å²) in [5.74, 6) is 1.46. The van der Waals surface area contributed by atoms with E-state index in [2.05, 4.69) is 10.3 Å². The van der Waals surface area contributed by atoms with Crippen molar-refractivity contribution in [3.63, 3.8) is 0 Å². The van der Waals surface area contributed by atoms with Gasteiger partial charge in [0, 0.05) is 17.6 Å². The van der Waals surface area contributed by atoms with E-state index in [0.717, 1.165) is 47.8 Å². The van der Waals surface area contributed by atoms with Crippen LogP contribution in [0.1, 0.15) is 52.0 Å². The summed E-state index contributed by atoms with van der Waals surface area (Å²) in [6, 6.07) is 18.2. The lowest BCUT2D eigenvalue weighted by Gasteiger charge is -2.30. The molecule has 174 valence electrons. The topological polar surface area (TPSA) is 69.7 Å². The summed E-state index contributed by atoms with van der Waals surface area (Å²) in [7, 11) is 0. The SMILES string of the molecule is CC(C)(C)OC(=O)NC1CCC(Oc2ccc3c(OCc4ccccc4)nccc3c2)CC1. The highest BCUT2D eigenvalue weighted by Crippen LogP contribution is 2.30. The molecule has 1 fully saturated rings. The number of fused-ring (bicyclic) bond motifs is 1. The molecule has 0 atom stereocenters. The number of hydrogen-bond donors (Lipinski definition) is 1. The molecule has 6 heteroatoms. The molecule has 1 aromatic heterocycles. The number of nitrogens with zero attached hydrogens (tertiary/aromatic N) is 1. The van der Waals surface area contributed by atoms with E-state index in [9.17, 15) is 4.79 Å². The molecule has 4 rings (SSSR count). The number of ether oxygens (including phenoxy) is 3. The zero-order valence-electron chi connectivity index (χ0n) is 19.5. The van der Waals surface area contributed by atoms with Crippen molar-refractivity contribution >= 4 is 16.9 Å². The lowest BCUT2D eigenvalue weighted by atomic mass is 9.93. The molecule has 6 nitrogen and oxygen atoms in total. The molecule has 1 N–H and O–H groups in total. The number of carbonyl (C=O) groups excluding carboxylic acids is 1. The number of carbonyl (C=O) groups is 1. The average molecular weight is 449 g/mol. The second-order valence-corrected chi connectivity index (χ2v) is 9.51. The van der Waals surface area contributed by atoms with Gasteiger partial charge >= 0.3 is 6.09 Å². The van der Waals surface area contributed by atoms with E-state index < -0.39 is 5.60 Å². The number of alkyl carbamates (subject to hydrolysis) is 1. The molecule has 1 saturated carbocycles. The largest absolute Gasteiger partial charge is 0.490 e. The van der Waals surface area contributed by atoms with Crippen LogP contribution in [0.3, 0.4) is 0 Å². The van der Waals surface area contributed by atoms with Gasteiger partial charge in [-0.15, -0.1) is 0 Å². The third-order valence-corrected chi connectivity index (χ3v) is 5.62. The second-order valence-electron chi connectivity index (χ2n) is 9.51. The summed E-state index contributed by atoms with van der Waals surface area (Å²) in [5, 5.41) is 4.97. The number of nitrogens with one attached hydrogen (secondary N) is 1. The average Bonchev–Trinajstić information content (AvgIpc) is 2.78. The fourth-order valence-corrected chi connectivity index (χ4v) is 4.03. The van der Waals surface area contributed by atoms with Gasteiger partial charge in [-0.05, 0) is 81.7 Å². The summed E-state index contributed by atoms with van der Waals surface area (Å²) < 4.78 is 17.6. The maximum Gasteiger partial charge on any atom is 0.407 e. The van der Waals surface area contributed by atoms with Crippen LogP contribution in [0.2, 0.25) is 0 Å². The molecule has 33 heavy (non-hydrogen) atoms. The van der Waals surface area contributed by atoms with Gasteiger partial charge in [0.2, 0.25) is 5.88 Å². The Labute approximate surface area is 195 Å². The van der Waals surface area contributed by atoms with Crippen molar-refractivity contribution in [1.82, 2.24) is 10.3 Å². The Hall–Kier alpha value is -3.28. The van der Waals surface area contributed by atoms with Gasteiger partial charge in [0.25, 0.3) is 0 Å². The van der Waals surface area contributed by atoms with Crippen molar-refractivity contribution in [3.8, 4) is 11.6 Å². The van der Waals surface area contributed by atoms with E-state index in [1.54, 1.807) is 6.20 Å². The van der Waals surface area contributed by atoms with E-state index in [1.165, 1.54) is 0 Å². The highest BCUT2D eigenvalue weighted by Gasteiger charge is 2.25. The summed E-state index contributed by atoms with van der Waals surface area (Å²) in [4.78, 5) is 16.4. The first kappa shape index (κ1) is 22.9. The van der Waals surface area contributed by atoms with Crippen LogP contribution < -0.4 is 14.8 Å². The molecule has 1 aliphatic rings. The van der Waals surface area contributed by atoms with E-state index in [-0.39, 0.29) is 18.2 Å². The fraction of sp³-hybridized carbons (Fsp3) is 0.407. The Morgan fingerprint density at radius 2 is 1.79 bits per heavy atom. The highest BCUT2D eigenvalue weighted by atomic mass is 16.6. The van der Waals surface area contributed by atoms with Gasteiger partial charge in [-0.25, -0.2) is 9.78 Å². The van der Waals surface area contributed by atoms with Gasteiger partial charge in [0.15, 0.2) is 0 Å². The number of hydrogen-bond acceptors (Lipinski definition) is 5. The summed E-state index contributed by atoms with van der Waals surface area (Å²) >= 11 is 0. The van der Waals surface area contributed by atoms with Gasteiger partial charge in [-0.3, -0.25) is 0 Å². The summed E-state index contributed by atoms with van der Waals surface area (Å²) in [6.45, 7) is 6.09. The van der Waals surface area contributed by atoms with Crippen LogP contribution in [0.25, 0.3) is 10.8 Å². The van der Waals surface area contributed by atoms with Gasteiger partial charge in [0.1, 0.15) is 18.0 Å². The molecule has 1 amide bonds. The maximum absolute atomic E-state index is 12.0. The van der Waals surface area contributed by atoms with Crippen molar-refractivity contribution in [1.29, 1.82) is 0 Å². The Morgan fingerprint density at radius 3 is 2.52 bits per heavy atom. The minimum Gasteiger partial charge on any atom is -0.490 e. The molecule has 0 bridgehead atoms. The van der Waals surface area contributed by atoms with E-state index >= 15 is 0 Å². The number of amides is 1. The standard InChI is InChI=1S/C27H32N2O4/c1-27(2,3)33-26(30)29-21-9-11-22(12-10-21)32-23-13-14-24-20(17-23)15-16-28-25(24)31-18-19-7-5-4-6-8-19/h4-8,13-17,21-22H,9-12,18H2,1-3H3,(H,29,30). The molecule has 2 aromatic carbocycles. The lowest BCUT2D eigenvalue weighted by molar-refractivity contribution is 0.0471. The predicted molar refractivity (Wildman–Crippen MR) is 129 cm³/mol. The van der Waals surface area contributed by atoms with Gasteiger partial charge < -0.3 is 19.5 Å². The number of aromatic nitrogens is 1. The third kappa shape index (κ3) is 6.60. The summed E-state index contributed by atoms with van der Waals surface area (Å²) in [5.41, 5.74) is 0.621. The van der Waals surface area contributed by atoms with Crippen LogP contribution >= 0.6 is 0 Å². The van der Waals surface area contributed by atoms with Crippen molar-refractivity contribution in [2.45, 2.75) is 70.8 Å². The summed E-state index contributed by atoms with van der Waals surface area (Å²) in [6.07, 6.45) is 5.08. The monoisotopic (exact) mass is 448 g/mol. The number of rotatable bonds is 6. The minimum atomic E-state index is -0.484. The predicted octanol–water partition coefficient (Wildman–Crippen LogP) is 6.03. The molecule has 0 radical (unpaired) electrons. The highest BCUT2D eigenvalue weighted by molar-refractivity contribution is 5.87. The molecule has 1 aliphatic carbocycles. The first-order valence-electron chi connectivity index (χ1n) is 11.6. The normalized spacial score (nSPS) is 18.5. The Kier molecular flexibility index (Phi) is 7.02. The van der Waals surface area contributed by atoms with Crippen LogP contribution in [-0.2, 0) is 11.3 Å². The maximum atomic E-state index is 12.0. The smallest absolute Gasteiger partial charge is 0.407 e. The van der Waals surface area contributed by atoms with Crippen LogP contribution in [0.4, 0.5) is 4.79 Å². The third-order valence-electron chi connectivity index (χ3n) is 5.62. The van der Waals surface area contributed by atoms with Crippen LogP contribution in [0.5, 0.6) is 11.6 Å². The molecule has 0 spiro atoms. The molecule has 1 heterocycles. The van der Waals surface area contributed by atoms with Crippen molar-refractivity contribution in [3.05, 3.63) is 66.4 Å². The van der Waals surface area contributed by atoms with Crippen molar-refractivity contribution in [2.24, 2.45) is 0 Å². The van der Waals surface area contributed by atoms with Crippen molar-refractivity contribution < 1.29 is 19.0 Å². The molecule has 3 aromatic rings. The van der Waals surface area contributed by atoms with Crippen LogP contribution in [-0.4, -0.2) is 28.8 Å². The van der Waals surface area contributed by atoms with Gasteiger partial charge in [0.05, 0.1) is 6.10 Å². The Balaban J connectivity index is 1.32. The Bertz CT molecular complexity index is 1070. The Morgan fingerprint density at radius 1 is 1.03 bits per heavy atom. The fourth-order valence-electron chi connectivity index (χ4n) is 4.03. The zero-order chi connectivity index (χ0) is 23.3. The first-order chi connectivity index (χ1) is 15.9. The van der Waals surface area contributed by atoms with E-state index in [0.29, 0.717) is 12.5 Å². The quantitative estimate of drug-likeness (QED) is 0.499. The van der Waals surface area contributed by atoms with E-state index in [1.807, 2.05) is 75.4 Å². The molecular formula is C27H32N2O4. The molecule has 0 saturated heterocycles. The second kappa shape index (κ2) is 10.1. The van der Waals surface area contributed by atoms with Gasteiger partial charge in [-0.1, -0.05) is 30.3 Å². The zero-order valence-corrected chi connectivity index (χ0v) is 19.5. The van der Waals surface area contributed by atoms with Crippen molar-refractivity contribution in [2.75, 3.05) is 0 Å². The molecule has 0 aliphatic heterocycles. The van der Waals surface area contributed by atoms with Crippen LogP contribution in [0, 0.1) is 0 Å².